The molecule has 5 nitrogen and oxygen atoms in total. The fraction of sp³-hybridized carbons (Fsp3) is 0.438. The second-order valence-corrected chi connectivity index (χ2v) is 6.10. The van der Waals surface area contributed by atoms with Gasteiger partial charge >= 0.3 is 5.97 Å². The molecule has 0 N–H and O–H groups in total. The maximum atomic E-state index is 13.0. The van der Waals surface area contributed by atoms with Crippen molar-refractivity contribution in [3.63, 3.8) is 0 Å². The Bertz CT molecular complexity index is 730. The van der Waals surface area contributed by atoms with Crippen LogP contribution in [0.3, 0.4) is 0 Å². The van der Waals surface area contributed by atoms with Gasteiger partial charge in [-0.05, 0) is 62.8 Å². The van der Waals surface area contributed by atoms with Gasteiger partial charge in [-0.1, -0.05) is 0 Å². The molecule has 0 atom stereocenters. The third-order valence-electron chi connectivity index (χ3n) is 4.38. The van der Waals surface area contributed by atoms with Gasteiger partial charge < -0.3 is 4.74 Å². The van der Waals surface area contributed by atoms with Gasteiger partial charge in [0.1, 0.15) is 17.2 Å². The van der Waals surface area contributed by atoms with E-state index in [2.05, 4.69) is 10.1 Å². The van der Waals surface area contributed by atoms with Gasteiger partial charge in [-0.25, -0.2) is 18.9 Å². The molecular formula is C16H16FN3O2. The summed E-state index contributed by atoms with van der Waals surface area (Å²) in [5.74, 6) is 0.370. The second kappa shape index (κ2) is 4.63. The summed E-state index contributed by atoms with van der Waals surface area (Å²) in [5, 5.41) is 4.21. The Kier molecular flexibility index (Phi) is 2.82. The molecule has 0 bridgehead atoms. The normalized spacial score (nSPS) is 19.0. The topological polar surface area (TPSA) is 57.0 Å². The molecule has 0 amide bonds. The summed E-state index contributed by atoms with van der Waals surface area (Å²) in [5.41, 5.74) is 0.417. The molecule has 2 aromatic rings. The SMILES string of the molecule is Cc1nc(C(=O)OC2(C3CC3)CC2)nn1-c1ccc(F)cc1. The summed E-state index contributed by atoms with van der Waals surface area (Å²) >= 11 is 0. The molecule has 6 heteroatoms. The van der Waals surface area contributed by atoms with E-state index in [4.69, 9.17) is 4.74 Å². The number of aryl methyl sites for hydroxylation is 1. The van der Waals surface area contributed by atoms with E-state index in [0.29, 0.717) is 17.4 Å². The maximum Gasteiger partial charge on any atom is 0.378 e. The summed E-state index contributed by atoms with van der Waals surface area (Å²) in [6.07, 6.45) is 4.18. The van der Waals surface area contributed by atoms with E-state index < -0.39 is 5.97 Å². The van der Waals surface area contributed by atoms with Crippen LogP contribution in [-0.4, -0.2) is 26.3 Å². The zero-order valence-electron chi connectivity index (χ0n) is 12.3. The van der Waals surface area contributed by atoms with Crippen molar-refractivity contribution in [3.8, 4) is 5.69 Å². The summed E-state index contributed by atoms with van der Waals surface area (Å²) in [7, 11) is 0. The van der Waals surface area contributed by atoms with Crippen molar-refractivity contribution in [2.45, 2.75) is 38.2 Å². The third kappa shape index (κ3) is 2.28. The van der Waals surface area contributed by atoms with Crippen molar-refractivity contribution in [1.82, 2.24) is 14.8 Å². The van der Waals surface area contributed by atoms with Gasteiger partial charge in [0, 0.05) is 0 Å². The van der Waals surface area contributed by atoms with E-state index >= 15 is 0 Å². The number of hydrogen-bond donors (Lipinski definition) is 0. The standard InChI is InChI=1S/C16H16FN3O2/c1-10-18-14(15(21)22-16(8-9-16)11-2-3-11)19-20(10)13-6-4-12(17)5-7-13/h4-7,11H,2-3,8-9H2,1H3. The first-order chi connectivity index (χ1) is 10.6. The number of aromatic nitrogens is 3. The fourth-order valence-electron chi connectivity index (χ4n) is 2.86. The molecule has 114 valence electrons. The molecule has 2 fully saturated rings. The minimum Gasteiger partial charge on any atom is -0.453 e. The van der Waals surface area contributed by atoms with Crippen molar-refractivity contribution in [3.05, 3.63) is 41.7 Å². The van der Waals surface area contributed by atoms with Crippen LogP contribution in [0, 0.1) is 18.7 Å². The van der Waals surface area contributed by atoms with Crippen molar-refractivity contribution >= 4 is 5.97 Å². The summed E-state index contributed by atoms with van der Waals surface area (Å²) in [6, 6.07) is 5.89. The number of halogens is 1. The molecule has 2 saturated carbocycles. The molecule has 0 unspecified atom stereocenters. The minimum atomic E-state index is -0.464. The number of benzene rings is 1. The lowest BCUT2D eigenvalue weighted by atomic mass is 10.2. The molecule has 1 aromatic carbocycles. The first-order valence-corrected chi connectivity index (χ1v) is 7.50. The molecular weight excluding hydrogens is 285 g/mol. The molecule has 22 heavy (non-hydrogen) atoms. The van der Waals surface area contributed by atoms with Gasteiger partial charge in [-0.2, -0.15) is 0 Å². The van der Waals surface area contributed by atoms with E-state index in [-0.39, 0.29) is 17.2 Å². The number of carbonyl (C=O) groups excluding carboxylic acids is 1. The monoisotopic (exact) mass is 301 g/mol. The lowest BCUT2D eigenvalue weighted by Crippen LogP contribution is -2.22. The number of esters is 1. The van der Waals surface area contributed by atoms with Gasteiger partial charge in [0.15, 0.2) is 0 Å². The Morgan fingerprint density at radius 3 is 2.59 bits per heavy atom. The second-order valence-electron chi connectivity index (χ2n) is 6.10. The lowest BCUT2D eigenvalue weighted by Gasteiger charge is -2.13. The zero-order chi connectivity index (χ0) is 15.3. The van der Waals surface area contributed by atoms with Gasteiger partial charge in [0.25, 0.3) is 5.82 Å². The zero-order valence-corrected chi connectivity index (χ0v) is 12.3. The van der Waals surface area contributed by atoms with E-state index in [9.17, 15) is 9.18 Å². The number of rotatable bonds is 4. The summed E-state index contributed by atoms with van der Waals surface area (Å²) in [4.78, 5) is 16.4. The highest BCUT2D eigenvalue weighted by Crippen LogP contribution is 2.56. The smallest absolute Gasteiger partial charge is 0.378 e. The first kappa shape index (κ1) is 13.4. The Balaban J connectivity index is 1.57. The quantitative estimate of drug-likeness (QED) is 0.815. The molecule has 4 rings (SSSR count). The molecule has 1 heterocycles. The molecule has 0 radical (unpaired) electrons. The fourth-order valence-corrected chi connectivity index (χ4v) is 2.86. The van der Waals surface area contributed by atoms with Crippen LogP contribution in [0.2, 0.25) is 0 Å². The average Bonchev–Trinajstić information content (AvgIpc) is 3.39. The predicted octanol–water partition coefficient (Wildman–Crippen LogP) is 2.81. The van der Waals surface area contributed by atoms with Crippen molar-refractivity contribution in [2.75, 3.05) is 0 Å². The van der Waals surface area contributed by atoms with Gasteiger partial charge in [0.05, 0.1) is 5.69 Å². The molecule has 0 aliphatic heterocycles. The van der Waals surface area contributed by atoms with Crippen LogP contribution in [-0.2, 0) is 4.74 Å². The van der Waals surface area contributed by atoms with E-state index in [1.165, 1.54) is 16.8 Å². The van der Waals surface area contributed by atoms with Crippen molar-refractivity contribution in [2.24, 2.45) is 5.92 Å². The Morgan fingerprint density at radius 2 is 2.00 bits per heavy atom. The Hall–Kier alpha value is -2.24. The Morgan fingerprint density at radius 1 is 1.32 bits per heavy atom. The largest absolute Gasteiger partial charge is 0.453 e. The van der Waals surface area contributed by atoms with Crippen LogP contribution in [0.25, 0.3) is 5.69 Å². The molecule has 2 aliphatic carbocycles. The van der Waals surface area contributed by atoms with Crippen LogP contribution in [0.5, 0.6) is 0 Å². The van der Waals surface area contributed by atoms with E-state index in [1.807, 2.05) is 0 Å². The highest BCUT2D eigenvalue weighted by atomic mass is 19.1. The van der Waals surface area contributed by atoms with Crippen molar-refractivity contribution < 1.29 is 13.9 Å². The van der Waals surface area contributed by atoms with Crippen LogP contribution in [0.1, 0.15) is 42.1 Å². The molecule has 0 spiro atoms. The average molecular weight is 301 g/mol. The number of ether oxygens (including phenoxy) is 1. The van der Waals surface area contributed by atoms with Crippen molar-refractivity contribution in [1.29, 1.82) is 0 Å². The molecule has 1 aromatic heterocycles. The van der Waals surface area contributed by atoms with Gasteiger partial charge in [0.2, 0.25) is 0 Å². The highest BCUT2D eigenvalue weighted by Gasteiger charge is 2.57. The number of hydrogen-bond acceptors (Lipinski definition) is 4. The Labute approximate surface area is 127 Å². The van der Waals surface area contributed by atoms with Crippen LogP contribution >= 0.6 is 0 Å². The first-order valence-electron chi connectivity index (χ1n) is 7.50. The highest BCUT2D eigenvalue weighted by molar-refractivity contribution is 5.85. The van der Waals surface area contributed by atoms with Crippen LogP contribution in [0.15, 0.2) is 24.3 Å². The van der Waals surface area contributed by atoms with Crippen LogP contribution < -0.4 is 0 Å². The third-order valence-corrected chi connectivity index (χ3v) is 4.38. The van der Waals surface area contributed by atoms with Gasteiger partial charge in [-0.3, -0.25) is 0 Å². The number of nitrogens with zero attached hydrogens (tertiary/aromatic N) is 3. The predicted molar refractivity (Wildman–Crippen MR) is 76.2 cm³/mol. The van der Waals surface area contributed by atoms with Gasteiger partial charge in [-0.15, -0.1) is 5.10 Å². The molecule has 2 aliphatic rings. The minimum absolute atomic E-state index is 0.0637. The summed E-state index contributed by atoms with van der Waals surface area (Å²) < 4.78 is 20.2. The van der Waals surface area contributed by atoms with Crippen LogP contribution in [0.4, 0.5) is 4.39 Å². The number of carbonyl (C=O) groups is 1. The lowest BCUT2D eigenvalue weighted by molar-refractivity contribution is 0.0146. The molecule has 0 saturated heterocycles. The maximum absolute atomic E-state index is 13.0. The van der Waals surface area contributed by atoms with E-state index in [0.717, 1.165) is 25.7 Å². The summed E-state index contributed by atoms with van der Waals surface area (Å²) in [6.45, 7) is 1.75. The van der Waals surface area contributed by atoms with E-state index in [1.54, 1.807) is 19.1 Å².